The lowest BCUT2D eigenvalue weighted by atomic mass is 10.2. The van der Waals surface area contributed by atoms with E-state index in [4.69, 9.17) is 17.3 Å². The van der Waals surface area contributed by atoms with Crippen LogP contribution in [0.4, 0.5) is 4.39 Å². The van der Waals surface area contributed by atoms with E-state index in [-0.39, 0.29) is 6.42 Å². The van der Waals surface area contributed by atoms with E-state index in [1.807, 2.05) is 6.92 Å². The van der Waals surface area contributed by atoms with E-state index >= 15 is 0 Å². The number of aromatic nitrogens is 2. The molecule has 1 heterocycles. The summed E-state index contributed by atoms with van der Waals surface area (Å²) >= 11 is 5.85. The molecule has 2 N–H and O–H groups in total. The maximum Gasteiger partial charge on any atom is 0.144 e. The van der Waals surface area contributed by atoms with E-state index in [2.05, 4.69) is 5.10 Å². The van der Waals surface area contributed by atoms with Gasteiger partial charge < -0.3 is 5.73 Å². The summed E-state index contributed by atoms with van der Waals surface area (Å²) in [5.74, 6) is 0. The van der Waals surface area contributed by atoms with E-state index in [1.54, 1.807) is 4.68 Å². The predicted octanol–water partition coefficient (Wildman–Crippen LogP) is 2.31. The van der Waals surface area contributed by atoms with E-state index in [0.29, 0.717) is 23.8 Å². The van der Waals surface area contributed by atoms with Crippen LogP contribution in [0.25, 0.3) is 0 Å². The van der Waals surface area contributed by atoms with Crippen molar-refractivity contribution in [1.29, 1.82) is 0 Å². The van der Waals surface area contributed by atoms with E-state index in [9.17, 15) is 4.39 Å². The summed E-state index contributed by atoms with van der Waals surface area (Å²) in [4.78, 5) is 0. The van der Waals surface area contributed by atoms with Crippen LogP contribution in [0, 0.1) is 0 Å². The number of halogens is 2. The van der Waals surface area contributed by atoms with Gasteiger partial charge in [0, 0.05) is 6.54 Å². The number of hydrogen-bond donors (Lipinski definition) is 1. The summed E-state index contributed by atoms with van der Waals surface area (Å²) in [6, 6.07) is 0. The highest BCUT2D eigenvalue weighted by atomic mass is 35.5. The van der Waals surface area contributed by atoms with Crippen LogP contribution in [0.1, 0.15) is 31.6 Å². The number of alkyl halides is 1. The van der Waals surface area contributed by atoms with Crippen LogP contribution < -0.4 is 5.73 Å². The number of rotatable bonds is 5. The summed E-state index contributed by atoms with van der Waals surface area (Å²) in [6.07, 6.45) is 1.56. The van der Waals surface area contributed by atoms with Gasteiger partial charge in [0.2, 0.25) is 0 Å². The van der Waals surface area contributed by atoms with Crippen LogP contribution in [0.2, 0.25) is 5.02 Å². The maximum atomic E-state index is 13.6. The van der Waals surface area contributed by atoms with Crippen molar-refractivity contribution in [2.75, 3.05) is 6.54 Å². The highest BCUT2D eigenvalue weighted by molar-refractivity contribution is 6.31. The molecule has 0 aliphatic heterocycles. The SMILES string of the molecule is CCCn1ncc(Cl)c1C(F)CCN. The van der Waals surface area contributed by atoms with E-state index in [1.165, 1.54) is 6.20 Å². The Morgan fingerprint density at radius 2 is 2.43 bits per heavy atom. The quantitative estimate of drug-likeness (QED) is 0.826. The summed E-state index contributed by atoms with van der Waals surface area (Å²) in [5.41, 5.74) is 5.75. The van der Waals surface area contributed by atoms with E-state index in [0.717, 1.165) is 6.42 Å². The first-order chi connectivity index (χ1) is 6.70. The van der Waals surface area contributed by atoms with Gasteiger partial charge in [0.1, 0.15) is 6.17 Å². The zero-order chi connectivity index (χ0) is 10.6. The highest BCUT2D eigenvalue weighted by Crippen LogP contribution is 2.27. The van der Waals surface area contributed by atoms with Crippen LogP contribution in [0.3, 0.4) is 0 Å². The number of aryl methyl sites for hydroxylation is 1. The topological polar surface area (TPSA) is 43.8 Å². The Morgan fingerprint density at radius 3 is 3.00 bits per heavy atom. The predicted molar refractivity (Wildman–Crippen MR) is 55.0 cm³/mol. The third-order valence-corrected chi connectivity index (χ3v) is 2.28. The summed E-state index contributed by atoms with van der Waals surface area (Å²) < 4.78 is 15.2. The summed E-state index contributed by atoms with van der Waals surface area (Å²) in [7, 11) is 0. The van der Waals surface area contributed by atoms with Gasteiger partial charge in [0.05, 0.1) is 16.9 Å². The average molecular weight is 220 g/mol. The first-order valence-corrected chi connectivity index (χ1v) is 5.13. The van der Waals surface area contributed by atoms with Crippen molar-refractivity contribution in [1.82, 2.24) is 9.78 Å². The van der Waals surface area contributed by atoms with Gasteiger partial charge in [-0.05, 0) is 19.4 Å². The first-order valence-electron chi connectivity index (χ1n) is 4.76. The minimum Gasteiger partial charge on any atom is -0.330 e. The molecular formula is C9H15ClFN3. The normalized spacial score (nSPS) is 13.1. The molecule has 1 unspecified atom stereocenters. The monoisotopic (exact) mass is 219 g/mol. The van der Waals surface area contributed by atoms with Crippen molar-refractivity contribution in [2.24, 2.45) is 5.73 Å². The molecule has 0 bridgehead atoms. The molecule has 1 rings (SSSR count). The Morgan fingerprint density at radius 1 is 1.71 bits per heavy atom. The van der Waals surface area contributed by atoms with Gasteiger partial charge in [-0.25, -0.2) is 4.39 Å². The Balaban J connectivity index is 2.86. The number of nitrogens with two attached hydrogens (primary N) is 1. The molecule has 80 valence electrons. The minimum atomic E-state index is -1.11. The molecule has 0 aliphatic carbocycles. The van der Waals surface area contributed by atoms with Crippen molar-refractivity contribution in [2.45, 2.75) is 32.5 Å². The number of nitrogens with zero attached hydrogens (tertiary/aromatic N) is 2. The second-order valence-electron chi connectivity index (χ2n) is 3.15. The Hall–Kier alpha value is -0.610. The molecule has 0 saturated heterocycles. The third kappa shape index (κ3) is 2.45. The molecule has 3 nitrogen and oxygen atoms in total. The zero-order valence-electron chi connectivity index (χ0n) is 8.21. The molecule has 14 heavy (non-hydrogen) atoms. The lowest BCUT2D eigenvalue weighted by Gasteiger charge is -2.10. The van der Waals surface area contributed by atoms with Gasteiger partial charge in [0.25, 0.3) is 0 Å². The van der Waals surface area contributed by atoms with Crippen molar-refractivity contribution >= 4 is 11.6 Å². The van der Waals surface area contributed by atoms with Crippen LogP contribution in [0.5, 0.6) is 0 Å². The fourth-order valence-corrected chi connectivity index (χ4v) is 1.62. The van der Waals surface area contributed by atoms with Crippen LogP contribution in [0.15, 0.2) is 6.20 Å². The summed E-state index contributed by atoms with van der Waals surface area (Å²) in [5, 5.41) is 4.40. The van der Waals surface area contributed by atoms with Gasteiger partial charge in [-0.15, -0.1) is 0 Å². The fourth-order valence-electron chi connectivity index (χ4n) is 1.36. The van der Waals surface area contributed by atoms with Gasteiger partial charge in [-0.3, -0.25) is 4.68 Å². The van der Waals surface area contributed by atoms with Crippen molar-refractivity contribution in [3.05, 3.63) is 16.9 Å². The molecule has 0 aliphatic rings. The Bertz CT molecular complexity index is 288. The largest absolute Gasteiger partial charge is 0.330 e. The van der Waals surface area contributed by atoms with Crippen molar-refractivity contribution in [3.8, 4) is 0 Å². The molecule has 1 aromatic rings. The molecule has 0 aromatic carbocycles. The minimum absolute atomic E-state index is 0.287. The maximum absolute atomic E-state index is 13.6. The summed E-state index contributed by atoms with van der Waals surface area (Å²) in [6.45, 7) is 3.01. The van der Waals surface area contributed by atoms with E-state index < -0.39 is 6.17 Å². The third-order valence-electron chi connectivity index (χ3n) is 1.99. The molecule has 0 spiro atoms. The molecule has 0 amide bonds. The molecule has 1 aromatic heterocycles. The Kier molecular flexibility index (Phi) is 4.35. The smallest absolute Gasteiger partial charge is 0.144 e. The standard InChI is InChI=1S/C9H15ClFN3/c1-2-5-14-9(7(10)6-13-14)8(11)3-4-12/h6,8H,2-5,12H2,1H3. The van der Waals surface area contributed by atoms with Crippen LogP contribution in [-0.4, -0.2) is 16.3 Å². The van der Waals surface area contributed by atoms with Crippen LogP contribution in [-0.2, 0) is 6.54 Å². The second kappa shape index (κ2) is 5.32. The average Bonchev–Trinajstić information content (AvgIpc) is 2.48. The fraction of sp³-hybridized carbons (Fsp3) is 0.667. The molecule has 5 heteroatoms. The van der Waals surface area contributed by atoms with Gasteiger partial charge >= 0.3 is 0 Å². The van der Waals surface area contributed by atoms with Crippen molar-refractivity contribution < 1.29 is 4.39 Å². The lowest BCUT2D eigenvalue weighted by molar-refractivity contribution is 0.305. The molecular weight excluding hydrogens is 205 g/mol. The first kappa shape index (κ1) is 11.5. The number of hydrogen-bond acceptors (Lipinski definition) is 2. The second-order valence-corrected chi connectivity index (χ2v) is 3.55. The van der Waals surface area contributed by atoms with Crippen molar-refractivity contribution in [3.63, 3.8) is 0 Å². The van der Waals surface area contributed by atoms with Gasteiger partial charge in [-0.2, -0.15) is 5.10 Å². The van der Waals surface area contributed by atoms with Gasteiger partial charge in [0.15, 0.2) is 0 Å². The molecule has 0 fully saturated rings. The molecule has 1 atom stereocenters. The molecule has 0 saturated carbocycles. The zero-order valence-corrected chi connectivity index (χ0v) is 8.97. The highest BCUT2D eigenvalue weighted by Gasteiger charge is 2.18. The molecule has 0 radical (unpaired) electrons. The van der Waals surface area contributed by atoms with Gasteiger partial charge in [-0.1, -0.05) is 18.5 Å². The lowest BCUT2D eigenvalue weighted by Crippen LogP contribution is -2.10. The Labute approximate surface area is 88.0 Å². The van der Waals surface area contributed by atoms with Crippen LogP contribution >= 0.6 is 11.6 Å².